The molecule has 136 valence electrons. The fraction of sp³-hybridized carbons (Fsp3) is 0.125. The molecule has 0 fully saturated rings. The molecule has 0 saturated heterocycles. The molecule has 0 bridgehead atoms. The number of nitro groups is 1. The molecule has 0 unspecified atom stereocenters. The van der Waals surface area contributed by atoms with Crippen LogP contribution < -0.4 is 15.6 Å². The number of hydrogen-bond acceptors (Lipinski definition) is 5. The molecule has 0 aliphatic carbocycles. The van der Waals surface area contributed by atoms with Crippen LogP contribution in [-0.4, -0.2) is 22.8 Å². The predicted octanol–water partition coefficient (Wildman–Crippen LogP) is 2.62. The molecule has 0 heterocycles. The molecule has 0 spiro atoms. The number of amides is 2. The summed E-state index contributed by atoms with van der Waals surface area (Å²) in [5, 5.41) is 11.1. The van der Waals surface area contributed by atoms with Crippen molar-refractivity contribution >= 4 is 29.1 Å². The lowest BCUT2D eigenvalue weighted by Gasteiger charge is -2.15. The van der Waals surface area contributed by atoms with E-state index in [1.165, 1.54) is 37.3 Å². The number of benzene rings is 2. The Morgan fingerprint density at radius 2 is 1.92 bits per heavy atom. The van der Waals surface area contributed by atoms with Crippen LogP contribution in [0.3, 0.4) is 0 Å². The Morgan fingerprint density at radius 3 is 2.58 bits per heavy atom. The fourth-order valence-corrected chi connectivity index (χ4v) is 2.09. The van der Waals surface area contributed by atoms with Crippen molar-refractivity contribution in [3.05, 3.63) is 69.0 Å². The lowest BCUT2D eigenvalue weighted by Crippen LogP contribution is -2.47. The number of nitrogens with one attached hydrogen (secondary N) is 2. The number of nitro benzene ring substituents is 1. The van der Waals surface area contributed by atoms with E-state index in [1.54, 1.807) is 0 Å². The zero-order chi connectivity index (χ0) is 19.3. The lowest BCUT2D eigenvalue weighted by molar-refractivity contribution is -0.385. The van der Waals surface area contributed by atoms with E-state index in [0.717, 1.165) is 12.1 Å². The molecule has 0 radical (unpaired) electrons. The van der Waals surface area contributed by atoms with Crippen molar-refractivity contribution in [3.8, 4) is 5.75 Å². The third kappa shape index (κ3) is 4.67. The second-order valence-electron chi connectivity index (χ2n) is 5.05. The molecule has 0 aliphatic heterocycles. The van der Waals surface area contributed by atoms with E-state index in [9.17, 15) is 24.1 Å². The number of carbonyl (C=O) groups excluding carboxylic acids is 2. The number of halogens is 2. The molecule has 2 aromatic carbocycles. The molecule has 1 atom stereocenters. The Balaban J connectivity index is 2.00. The van der Waals surface area contributed by atoms with Crippen LogP contribution in [0.15, 0.2) is 42.5 Å². The quantitative estimate of drug-likeness (QED) is 0.611. The Bertz CT molecular complexity index is 862. The van der Waals surface area contributed by atoms with Gasteiger partial charge in [0.05, 0.1) is 4.92 Å². The standard InChI is InChI=1S/C16H13ClFN3O5/c1-9(26-14-5-3-2-4-12(14)18)15(22)19-20-16(23)11-7-6-10(17)8-13(11)21(24)25/h2-9H,1H3,(H,19,22)(H,20,23)/t9-/m1/s1. The number of hydrogen-bond donors (Lipinski definition) is 2. The summed E-state index contributed by atoms with van der Waals surface area (Å²) in [7, 11) is 0. The average molecular weight is 382 g/mol. The van der Waals surface area contributed by atoms with Crippen molar-refractivity contribution in [1.29, 1.82) is 0 Å². The normalized spacial score (nSPS) is 11.3. The summed E-state index contributed by atoms with van der Waals surface area (Å²) in [6.45, 7) is 1.35. The minimum absolute atomic E-state index is 0.0872. The number of ether oxygens (including phenoxy) is 1. The van der Waals surface area contributed by atoms with Gasteiger partial charge in [0.2, 0.25) is 0 Å². The zero-order valence-corrected chi connectivity index (χ0v) is 14.1. The monoisotopic (exact) mass is 381 g/mol. The van der Waals surface area contributed by atoms with E-state index in [-0.39, 0.29) is 16.3 Å². The topological polar surface area (TPSA) is 111 Å². The van der Waals surface area contributed by atoms with Crippen molar-refractivity contribution in [2.24, 2.45) is 0 Å². The van der Waals surface area contributed by atoms with Gasteiger partial charge in [-0.2, -0.15) is 0 Å². The predicted molar refractivity (Wildman–Crippen MR) is 90.2 cm³/mol. The molecule has 10 heteroatoms. The Morgan fingerprint density at radius 1 is 1.23 bits per heavy atom. The van der Waals surface area contributed by atoms with Gasteiger partial charge in [0, 0.05) is 11.1 Å². The van der Waals surface area contributed by atoms with Crippen LogP contribution in [0.5, 0.6) is 5.75 Å². The van der Waals surface area contributed by atoms with E-state index in [4.69, 9.17) is 16.3 Å². The molecule has 0 saturated carbocycles. The first kappa shape index (κ1) is 19.1. The van der Waals surface area contributed by atoms with Crippen LogP contribution in [0.25, 0.3) is 0 Å². The summed E-state index contributed by atoms with van der Waals surface area (Å²) >= 11 is 5.67. The maximum atomic E-state index is 13.5. The van der Waals surface area contributed by atoms with Crippen LogP contribution in [0, 0.1) is 15.9 Å². The van der Waals surface area contributed by atoms with Gasteiger partial charge < -0.3 is 4.74 Å². The Hall–Kier alpha value is -3.20. The maximum Gasteiger partial charge on any atom is 0.283 e. The van der Waals surface area contributed by atoms with Gasteiger partial charge in [0.15, 0.2) is 17.7 Å². The number of hydrazine groups is 1. The number of para-hydroxylation sites is 1. The van der Waals surface area contributed by atoms with E-state index in [2.05, 4.69) is 5.43 Å². The lowest BCUT2D eigenvalue weighted by atomic mass is 10.2. The minimum Gasteiger partial charge on any atom is -0.478 e. The SMILES string of the molecule is C[C@@H](Oc1ccccc1F)C(=O)NNC(=O)c1ccc(Cl)cc1[N+](=O)[O-]. The Kier molecular flexibility index (Phi) is 6.07. The molecule has 2 amide bonds. The summed E-state index contributed by atoms with van der Waals surface area (Å²) in [5.41, 5.74) is 3.29. The van der Waals surface area contributed by atoms with Gasteiger partial charge in [-0.1, -0.05) is 23.7 Å². The molecule has 2 aromatic rings. The van der Waals surface area contributed by atoms with Crippen LogP contribution in [-0.2, 0) is 4.79 Å². The van der Waals surface area contributed by atoms with Gasteiger partial charge in [0.1, 0.15) is 5.56 Å². The third-order valence-electron chi connectivity index (χ3n) is 3.21. The summed E-state index contributed by atoms with van der Waals surface area (Å²) in [4.78, 5) is 34.2. The second kappa shape index (κ2) is 8.26. The first-order valence-electron chi connectivity index (χ1n) is 7.25. The summed E-state index contributed by atoms with van der Waals surface area (Å²) in [5.74, 6) is -2.47. The highest BCUT2D eigenvalue weighted by atomic mass is 35.5. The van der Waals surface area contributed by atoms with E-state index >= 15 is 0 Å². The van der Waals surface area contributed by atoms with Crippen molar-refractivity contribution in [2.45, 2.75) is 13.0 Å². The zero-order valence-electron chi connectivity index (χ0n) is 13.4. The highest BCUT2D eigenvalue weighted by molar-refractivity contribution is 6.31. The van der Waals surface area contributed by atoms with Crippen molar-refractivity contribution in [2.75, 3.05) is 0 Å². The van der Waals surface area contributed by atoms with Crippen LogP contribution in [0.4, 0.5) is 10.1 Å². The van der Waals surface area contributed by atoms with Crippen molar-refractivity contribution in [3.63, 3.8) is 0 Å². The highest BCUT2D eigenvalue weighted by Crippen LogP contribution is 2.23. The van der Waals surface area contributed by atoms with Gasteiger partial charge in [-0.3, -0.25) is 30.6 Å². The smallest absolute Gasteiger partial charge is 0.283 e. The molecule has 0 aromatic heterocycles. The Labute approximate surface area is 152 Å². The number of nitrogens with zero attached hydrogens (tertiary/aromatic N) is 1. The second-order valence-corrected chi connectivity index (χ2v) is 5.49. The number of rotatable bonds is 5. The molecular formula is C16H13ClFN3O5. The first-order chi connectivity index (χ1) is 12.3. The first-order valence-corrected chi connectivity index (χ1v) is 7.62. The van der Waals surface area contributed by atoms with Crippen LogP contribution >= 0.6 is 11.6 Å². The van der Waals surface area contributed by atoms with Gasteiger partial charge in [-0.05, 0) is 31.2 Å². The van der Waals surface area contributed by atoms with Gasteiger partial charge >= 0.3 is 0 Å². The van der Waals surface area contributed by atoms with E-state index in [1.807, 2.05) is 5.43 Å². The molecule has 2 N–H and O–H groups in total. The highest BCUT2D eigenvalue weighted by Gasteiger charge is 2.22. The molecule has 0 aliphatic rings. The van der Waals surface area contributed by atoms with Crippen LogP contribution in [0.2, 0.25) is 5.02 Å². The minimum atomic E-state index is -1.13. The van der Waals surface area contributed by atoms with Crippen molar-refractivity contribution in [1.82, 2.24) is 10.9 Å². The molecule has 26 heavy (non-hydrogen) atoms. The maximum absolute atomic E-state index is 13.5. The van der Waals surface area contributed by atoms with Crippen molar-refractivity contribution < 1.29 is 23.6 Å². The third-order valence-corrected chi connectivity index (χ3v) is 3.45. The van der Waals surface area contributed by atoms with E-state index in [0.29, 0.717) is 0 Å². The summed E-state index contributed by atoms with van der Waals surface area (Å²) in [6.07, 6.45) is -1.13. The summed E-state index contributed by atoms with van der Waals surface area (Å²) in [6, 6.07) is 8.98. The summed E-state index contributed by atoms with van der Waals surface area (Å²) < 4.78 is 18.7. The molecular weight excluding hydrogens is 369 g/mol. The largest absolute Gasteiger partial charge is 0.478 e. The average Bonchev–Trinajstić information content (AvgIpc) is 2.61. The van der Waals surface area contributed by atoms with Gasteiger partial charge in [-0.25, -0.2) is 4.39 Å². The molecule has 8 nitrogen and oxygen atoms in total. The fourth-order valence-electron chi connectivity index (χ4n) is 1.92. The van der Waals surface area contributed by atoms with Crippen LogP contribution in [0.1, 0.15) is 17.3 Å². The van der Waals surface area contributed by atoms with Gasteiger partial charge in [-0.15, -0.1) is 0 Å². The van der Waals surface area contributed by atoms with E-state index < -0.39 is 34.3 Å². The van der Waals surface area contributed by atoms with Gasteiger partial charge in [0.25, 0.3) is 17.5 Å². The number of carbonyl (C=O) groups is 2. The molecule has 2 rings (SSSR count).